The molecule has 0 spiro atoms. The maximum atomic E-state index is 12.0. The van der Waals surface area contributed by atoms with E-state index in [1.54, 1.807) is 6.07 Å². The smallest absolute Gasteiger partial charge is 0.251 e. The summed E-state index contributed by atoms with van der Waals surface area (Å²) in [6.45, 7) is 4.25. The number of rotatable bonds is 5. The van der Waals surface area contributed by atoms with Crippen molar-refractivity contribution in [3.8, 4) is 0 Å². The Kier molecular flexibility index (Phi) is 5.12. The molecule has 0 aliphatic carbocycles. The maximum absolute atomic E-state index is 12.0. The van der Waals surface area contributed by atoms with Gasteiger partial charge in [0.2, 0.25) is 0 Å². The van der Waals surface area contributed by atoms with Crippen LogP contribution in [0.15, 0.2) is 48.5 Å². The highest BCUT2D eigenvalue weighted by molar-refractivity contribution is 5.94. The summed E-state index contributed by atoms with van der Waals surface area (Å²) in [6, 6.07) is 15.4. The fourth-order valence-electron chi connectivity index (χ4n) is 2.15. The van der Waals surface area contributed by atoms with Crippen LogP contribution in [0.1, 0.15) is 27.0 Å². The van der Waals surface area contributed by atoms with Crippen LogP contribution in [-0.4, -0.2) is 23.7 Å². The van der Waals surface area contributed by atoms with Crippen LogP contribution in [0.2, 0.25) is 0 Å². The lowest BCUT2D eigenvalue weighted by Gasteiger charge is -2.12. The lowest BCUT2D eigenvalue weighted by Crippen LogP contribution is -2.33. The van der Waals surface area contributed by atoms with Gasteiger partial charge in [-0.05, 0) is 42.7 Å². The summed E-state index contributed by atoms with van der Waals surface area (Å²) in [6.07, 6.45) is -0.0449. The summed E-state index contributed by atoms with van der Waals surface area (Å²) in [7, 11) is 0. The molecule has 0 saturated carbocycles. The lowest BCUT2D eigenvalue weighted by atomic mass is 10.1. The summed E-state index contributed by atoms with van der Waals surface area (Å²) >= 11 is 0. The van der Waals surface area contributed by atoms with E-state index in [2.05, 4.69) is 5.32 Å². The van der Waals surface area contributed by atoms with Gasteiger partial charge in [-0.15, -0.1) is 0 Å². The molecule has 3 nitrogen and oxygen atoms in total. The highest BCUT2D eigenvalue weighted by Crippen LogP contribution is 2.09. The van der Waals surface area contributed by atoms with Crippen LogP contribution >= 0.6 is 0 Å². The predicted molar refractivity (Wildman–Crippen MR) is 84.4 cm³/mol. The van der Waals surface area contributed by atoms with Crippen molar-refractivity contribution in [3.63, 3.8) is 0 Å². The fraction of sp³-hybridized carbons (Fsp3) is 0.278. The second-order valence-corrected chi connectivity index (χ2v) is 5.35. The number of aryl methyl sites for hydroxylation is 2. The Hall–Kier alpha value is -2.13. The van der Waals surface area contributed by atoms with Crippen molar-refractivity contribution in [3.05, 3.63) is 70.8 Å². The number of aliphatic hydroxyl groups is 1. The lowest BCUT2D eigenvalue weighted by molar-refractivity contribution is 0.0916. The fourth-order valence-corrected chi connectivity index (χ4v) is 2.15. The van der Waals surface area contributed by atoms with Crippen molar-refractivity contribution >= 4 is 5.91 Å². The van der Waals surface area contributed by atoms with Crippen molar-refractivity contribution in [2.45, 2.75) is 26.4 Å². The van der Waals surface area contributed by atoms with Gasteiger partial charge < -0.3 is 10.4 Å². The molecule has 2 aromatic carbocycles. The molecule has 0 bridgehead atoms. The quantitative estimate of drug-likeness (QED) is 0.886. The zero-order chi connectivity index (χ0) is 15.2. The zero-order valence-electron chi connectivity index (χ0n) is 12.5. The molecule has 0 heterocycles. The Balaban J connectivity index is 1.87. The SMILES string of the molecule is Cc1ccc(C(=O)NCC(O)Cc2ccccc2)cc1C. The monoisotopic (exact) mass is 283 g/mol. The molecule has 1 unspecified atom stereocenters. The van der Waals surface area contributed by atoms with Gasteiger partial charge in [-0.2, -0.15) is 0 Å². The van der Waals surface area contributed by atoms with E-state index in [1.807, 2.05) is 56.3 Å². The summed E-state index contributed by atoms with van der Waals surface area (Å²) in [4.78, 5) is 12.0. The number of aliphatic hydroxyl groups excluding tert-OH is 1. The second kappa shape index (κ2) is 7.04. The van der Waals surface area contributed by atoms with Crippen LogP contribution in [0, 0.1) is 13.8 Å². The summed E-state index contributed by atoms with van der Waals surface area (Å²) < 4.78 is 0. The molecule has 2 N–H and O–H groups in total. The largest absolute Gasteiger partial charge is 0.391 e. The van der Waals surface area contributed by atoms with Crippen LogP contribution in [0.25, 0.3) is 0 Å². The third-order valence-electron chi connectivity index (χ3n) is 3.58. The Morgan fingerprint density at radius 1 is 1.10 bits per heavy atom. The van der Waals surface area contributed by atoms with Gasteiger partial charge in [-0.1, -0.05) is 36.4 Å². The molecular weight excluding hydrogens is 262 g/mol. The van der Waals surface area contributed by atoms with E-state index >= 15 is 0 Å². The van der Waals surface area contributed by atoms with Crippen molar-refractivity contribution in [2.24, 2.45) is 0 Å². The first kappa shape index (κ1) is 15.3. The minimum atomic E-state index is -0.581. The van der Waals surface area contributed by atoms with E-state index < -0.39 is 6.10 Å². The number of amides is 1. The average molecular weight is 283 g/mol. The van der Waals surface area contributed by atoms with Gasteiger partial charge in [0.15, 0.2) is 0 Å². The molecule has 0 aromatic heterocycles. The van der Waals surface area contributed by atoms with Gasteiger partial charge in [-0.3, -0.25) is 4.79 Å². The molecule has 1 amide bonds. The van der Waals surface area contributed by atoms with Crippen LogP contribution in [-0.2, 0) is 6.42 Å². The second-order valence-electron chi connectivity index (χ2n) is 5.35. The summed E-state index contributed by atoms with van der Waals surface area (Å²) in [5.41, 5.74) is 3.94. The van der Waals surface area contributed by atoms with E-state index in [0.29, 0.717) is 12.0 Å². The van der Waals surface area contributed by atoms with Gasteiger partial charge in [0.1, 0.15) is 0 Å². The third-order valence-corrected chi connectivity index (χ3v) is 3.58. The van der Waals surface area contributed by atoms with Gasteiger partial charge in [0.25, 0.3) is 5.91 Å². The van der Waals surface area contributed by atoms with E-state index in [4.69, 9.17) is 0 Å². The predicted octanol–water partition coefficient (Wildman–Crippen LogP) is 2.64. The van der Waals surface area contributed by atoms with E-state index in [1.165, 1.54) is 0 Å². The molecular formula is C18H21NO2. The molecule has 0 fully saturated rings. The summed E-state index contributed by atoms with van der Waals surface area (Å²) in [5.74, 6) is -0.148. The molecule has 1 atom stereocenters. The zero-order valence-corrected chi connectivity index (χ0v) is 12.5. The Morgan fingerprint density at radius 2 is 1.81 bits per heavy atom. The normalized spacial score (nSPS) is 12.0. The van der Waals surface area contributed by atoms with Crippen LogP contribution in [0.3, 0.4) is 0 Å². The standard InChI is InChI=1S/C18H21NO2/c1-13-8-9-16(10-14(13)2)18(21)19-12-17(20)11-15-6-4-3-5-7-15/h3-10,17,20H,11-12H2,1-2H3,(H,19,21). The Labute approximate surface area is 125 Å². The van der Waals surface area contributed by atoms with Crippen LogP contribution < -0.4 is 5.32 Å². The number of carbonyl (C=O) groups is 1. The summed E-state index contributed by atoms with van der Waals surface area (Å²) in [5, 5.41) is 12.8. The average Bonchev–Trinajstić information content (AvgIpc) is 2.48. The molecule has 3 heteroatoms. The van der Waals surface area contributed by atoms with Gasteiger partial charge in [-0.25, -0.2) is 0 Å². The molecule has 110 valence electrons. The molecule has 2 rings (SSSR count). The van der Waals surface area contributed by atoms with Crippen molar-refractivity contribution < 1.29 is 9.90 Å². The maximum Gasteiger partial charge on any atom is 0.251 e. The first-order chi connectivity index (χ1) is 10.1. The van der Waals surface area contributed by atoms with E-state index in [-0.39, 0.29) is 12.5 Å². The number of nitrogens with one attached hydrogen (secondary N) is 1. The minimum absolute atomic E-state index is 0.148. The van der Waals surface area contributed by atoms with Crippen LogP contribution in [0.4, 0.5) is 0 Å². The number of hydrogen-bond donors (Lipinski definition) is 2. The molecule has 21 heavy (non-hydrogen) atoms. The number of hydrogen-bond acceptors (Lipinski definition) is 2. The van der Waals surface area contributed by atoms with Gasteiger partial charge >= 0.3 is 0 Å². The first-order valence-electron chi connectivity index (χ1n) is 7.13. The Morgan fingerprint density at radius 3 is 2.48 bits per heavy atom. The van der Waals surface area contributed by atoms with Gasteiger partial charge in [0, 0.05) is 18.5 Å². The molecule has 0 aliphatic rings. The van der Waals surface area contributed by atoms with Crippen molar-refractivity contribution in [2.75, 3.05) is 6.54 Å². The third kappa shape index (κ3) is 4.43. The molecule has 0 aliphatic heterocycles. The highest BCUT2D eigenvalue weighted by atomic mass is 16.3. The van der Waals surface area contributed by atoms with Crippen molar-refractivity contribution in [1.82, 2.24) is 5.32 Å². The number of carbonyl (C=O) groups excluding carboxylic acids is 1. The van der Waals surface area contributed by atoms with E-state index in [0.717, 1.165) is 16.7 Å². The number of benzene rings is 2. The first-order valence-corrected chi connectivity index (χ1v) is 7.13. The Bertz CT molecular complexity index is 608. The van der Waals surface area contributed by atoms with E-state index in [9.17, 15) is 9.90 Å². The van der Waals surface area contributed by atoms with Gasteiger partial charge in [0.05, 0.1) is 6.10 Å². The molecule has 2 aromatic rings. The molecule has 0 radical (unpaired) electrons. The minimum Gasteiger partial charge on any atom is -0.391 e. The molecule has 0 saturated heterocycles. The van der Waals surface area contributed by atoms with Crippen LogP contribution in [0.5, 0.6) is 0 Å². The highest BCUT2D eigenvalue weighted by Gasteiger charge is 2.10. The topological polar surface area (TPSA) is 49.3 Å². The van der Waals surface area contributed by atoms with Crippen molar-refractivity contribution in [1.29, 1.82) is 0 Å².